The van der Waals surface area contributed by atoms with Crippen molar-refractivity contribution in [1.29, 1.82) is 0 Å². The van der Waals surface area contributed by atoms with Crippen molar-refractivity contribution in [3.63, 3.8) is 0 Å². The van der Waals surface area contributed by atoms with Crippen LogP contribution in [0.1, 0.15) is 45.2 Å². The van der Waals surface area contributed by atoms with Crippen LogP contribution in [0.15, 0.2) is 21.8 Å². The summed E-state index contributed by atoms with van der Waals surface area (Å²) in [7, 11) is 0. The highest BCUT2D eigenvalue weighted by Gasteiger charge is 2.34. The molecular weight excluding hydrogens is 487 g/mol. The van der Waals surface area contributed by atoms with Gasteiger partial charge in [-0.1, -0.05) is 13.8 Å². The molecule has 2 unspecified atom stereocenters. The number of aliphatic imine (C=N–C) groups is 1. The van der Waals surface area contributed by atoms with Crippen LogP contribution < -0.4 is 10.6 Å². The van der Waals surface area contributed by atoms with Gasteiger partial charge in [-0.3, -0.25) is 9.89 Å². The van der Waals surface area contributed by atoms with Gasteiger partial charge in [0.1, 0.15) is 0 Å². The minimum atomic E-state index is -0.0251. The Labute approximate surface area is 191 Å². The zero-order chi connectivity index (χ0) is 19.5. The number of nitrogens with zero attached hydrogens (tertiary/aromatic N) is 2. The van der Waals surface area contributed by atoms with Crippen molar-refractivity contribution in [2.45, 2.75) is 39.7 Å². The molecule has 1 aromatic heterocycles. The quantitative estimate of drug-likeness (QED) is 0.236. The summed E-state index contributed by atoms with van der Waals surface area (Å²) in [5.74, 6) is 0.842. The fourth-order valence-corrected chi connectivity index (χ4v) is 4.36. The predicted octanol–water partition coefficient (Wildman–Crippen LogP) is 3.09. The van der Waals surface area contributed by atoms with Gasteiger partial charge in [-0.15, -0.1) is 24.0 Å². The van der Waals surface area contributed by atoms with Crippen LogP contribution in [0.25, 0.3) is 0 Å². The first-order chi connectivity index (χ1) is 13.2. The zero-order valence-corrected chi connectivity index (χ0v) is 20.6. The third-order valence-corrected chi connectivity index (χ3v) is 6.09. The SMILES string of the molecule is CCNC(=NCC1(CCO)CCOC1)NCC(c1ccsc1)N(CC)CC.I. The first kappa shape index (κ1) is 25.6. The van der Waals surface area contributed by atoms with Gasteiger partial charge in [0.2, 0.25) is 0 Å². The molecular formula is C20H37IN4O2S. The molecule has 2 atom stereocenters. The van der Waals surface area contributed by atoms with Crippen molar-refractivity contribution in [2.75, 3.05) is 52.5 Å². The van der Waals surface area contributed by atoms with E-state index in [0.717, 1.165) is 51.6 Å². The summed E-state index contributed by atoms with van der Waals surface area (Å²) in [4.78, 5) is 7.31. The molecule has 0 amide bonds. The maximum atomic E-state index is 9.42. The summed E-state index contributed by atoms with van der Waals surface area (Å²) in [6, 6.07) is 2.54. The number of nitrogens with one attached hydrogen (secondary N) is 2. The van der Waals surface area contributed by atoms with Crippen molar-refractivity contribution >= 4 is 41.3 Å². The van der Waals surface area contributed by atoms with E-state index in [1.54, 1.807) is 11.3 Å². The molecule has 1 aliphatic rings. The molecule has 0 aliphatic carbocycles. The average molecular weight is 525 g/mol. The van der Waals surface area contributed by atoms with Crippen LogP contribution in [0.3, 0.4) is 0 Å². The van der Waals surface area contributed by atoms with Crippen molar-refractivity contribution in [1.82, 2.24) is 15.5 Å². The van der Waals surface area contributed by atoms with E-state index in [9.17, 15) is 5.11 Å². The van der Waals surface area contributed by atoms with Gasteiger partial charge in [0, 0.05) is 31.7 Å². The Morgan fingerprint density at radius 3 is 2.68 bits per heavy atom. The van der Waals surface area contributed by atoms with Crippen LogP contribution in [0.5, 0.6) is 0 Å². The van der Waals surface area contributed by atoms with E-state index in [2.05, 4.69) is 53.1 Å². The Bertz CT molecular complexity index is 546. The second-order valence-electron chi connectivity index (χ2n) is 7.15. The summed E-state index contributed by atoms with van der Waals surface area (Å²) in [6.45, 7) is 12.5. The van der Waals surface area contributed by atoms with Crippen molar-refractivity contribution in [3.8, 4) is 0 Å². The maximum absolute atomic E-state index is 9.42. The number of aliphatic hydroxyl groups excluding tert-OH is 1. The number of rotatable bonds is 11. The Morgan fingerprint density at radius 1 is 1.36 bits per heavy atom. The number of aliphatic hydroxyl groups is 1. The van der Waals surface area contributed by atoms with Gasteiger partial charge in [0.15, 0.2) is 5.96 Å². The molecule has 1 fully saturated rings. The highest BCUT2D eigenvalue weighted by Crippen LogP contribution is 2.32. The van der Waals surface area contributed by atoms with E-state index >= 15 is 0 Å². The molecule has 2 heterocycles. The van der Waals surface area contributed by atoms with E-state index in [1.165, 1.54) is 5.56 Å². The van der Waals surface area contributed by atoms with Crippen molar-refractivity contribution in [3.05, 3.63) is 22.4 Å². The number of ether oxygens (including phenoxy) is 1. The average Bonchev–Trinajstić information content (AvgIpc) is 3.36. The number of thiophene rings is 1. The summed E-state index contributed by atoms with van der Waals surface area (Å²) < 4.78 is 5.59. The van der Waals surface area contributed by atoms with Gasteiger partial charge in [0.25, 0.3) is 0 Å². The van der Waals surface area contributed by atoms with Crippen LogP contribution in [0.2, 0.25) is 0 Å². The lowest BCUT2D eigenvalue weighted by atomic mass is 9.84. The summed E-state index contributed by atoms with van der Waals surface area (Å²) in [6.07, 6.45) is 1.71. The summed E-state index contributed by atoms with van der Waals surface area (Å²) in [5, 5.41) is 20.7. The topological polar surface area (TPSA) is 69.1 Å². The zero-order valence-electron chi connectivity index (χ0n) is 17.4. The normalized spacial score (nSPS) is 20.8. The van der Waals surface area contributed by atoms with Gasteiger partial charge in [-0.05, 0) is 55.2 Å². The molecule has 0 spiro atoms. The highest BCUT2D eigenvalue weighted by molar-refractivity contribution is 14.0. The van der Waals surface area contributed by atoms with E-state index in [0.29, 0.717) is 19.2 Å². The molecule has 1 aliphatic heterocycles. The fraction of sp³-hybridized carbons (Fsp3) is 0.750. The predicted molar refractivity (Wildman–Crippen MR) is 129 cm³/mol. The molecule has 6 nitrogen and oxygen atoms in total. The first-order valence-corrected chi connectivity index (χ1v) is 11.1. The lowest BCUT2D eigenvalue weighted by molar-refractivity contribution is 0.131. The fourth-order valence-electron chi connectivity index (χ4n) is 3.66. The molecule has 0 radical (unpaired) electrons. The minimum absolute atomic E-state index is 0. The van der Waals surface area contributed by atoms with E-state index in [1.807, 2.05) is 0 Å². The molecule has 2 rings (SSSR count). The summed E-state index contributed by atoms with van der Waals surface area (Å²) in [5.41, 5.74) is 1.33. The maximum Gasteiger partial charge on any atom is 0.191 e. The lowest BCUT2D eigenvalue weighted by Crippen LogP contribution is -2.43. The Kier molecular flexibility index (Phi) is 12.6. The molecule has 8 heteroatoms. The number of halogens is 1. The monoisotopic (exact) mass is 524 g/mol. The molecule has 1 saturated heterocycles. The van der Waals surface area contributed by atoms with Crippen LogP contribution in [-0.2, 0) is 4.74 Å². The van der Waals surface area contributed by atoms with Crippen molar-refractivity contribution < 1.29 is 9.84 Å². The first-order valence-electron chi connectivity index (χ1n) is 10.1. The standard InChI is InChI=1S/C20H36N4O2S.HI/c1-4-21-19(23-15-20(8-10-25)9-11-26-16-20)22-13-18(24(5-2)6-3)17-7-12-27-14-17;/h7,12,14,18,25H,4-6,8-11,13,15-16H2,1-3H3,(H2,21,22,23);1H. The second kappa shape index (κ2) is 13.7. The van der Waals surface area contributed by atoms with Crippen LogP contribution >= 0.6 is 35.3 Å². The van der Waals surface area contributed by atoms with Crippen LogP contribution in [-0.4, -0.2) is 68.5 Å². The Balaban J connectivity index is 0.00000392. The third-order valence-electron chi connectivity index (χ3n) is 5.39. The molecule has 3 N–H and O–H groups in total. The molecule has 0 saturated carbocycles. The number of guanidine groups is 1. The van der Waals surface area contributed by atoms with E-state index in [-0.39, 0.29) is 36.0 Å². The molecule has 28 heavy (non-hydrogen) atoms. The minimum Gasteiger partial charge on any atom is -0.396 e. The van der Waals surface area contributed by atoms with E-state index < -0.39 is 0 Å². The molecule has 1 aromatic rings. The number of likely N-dealkylation sites (N-methyl/N-ethyl adjacent to an activating group) is 1. The molecule has 162 valence electrons. The largest absolute Gasteiger partial charge is 0.396 e. The molecule has 0 bridgehead atoms. The van der Waals surface area contributed by atoms with Gasteiger partial charge < -0.3 is 20.5 Å². The van der Waals surface area contributed by atoms with Gasteiger partial charge in [0.05, 0.1) is 19.2 Å². The molecule has 0 aromatic carbocycles. The van der Waals surface area contributed by atoms with E-state index in [4.69, 9.17) is 9.73 Å². The number of hydrogen-bond donors (Lipinski definition) is 3. The Hall–Kier alpha value is -0.420. The summed E-state index contributed by atoms with van der Waals surface area (Å²) >= 11 is 1.74. The highest BCUT2D eigenvalue weighted by atomic mass is 127. The van der Waals surface area contributed by atoms with Gasteiger partial charge in [-0.25, -0.2) is 0 Å². The number of hydrogen-bond acceptors (Lipinski definition) is 5. The Morgan fingerprint density at radius 2 is 2.14 bits per heavy atom. The van der Waals surface area contributed by atoms with Crippen LogP contribution in [0, 0.1) is 5.41 Å². The third kappa shape index (κ3) is 7.44. The second-order valence-corrected chi connectivity index (χ2v) is 7.93. The van der Waals surface area contributed by atoms with Gasteiger partial charge >= 0.3 is 0 Å². The smallest absolute Gasteiger partial charge is 0.191 e. The van der Waals surface area contributed by atoms with Crippen molar-refractivity contribution in [2.24, 2.45) is 10.4 Å². The lowest BCUT2D eigenvalue weighted by Gasteiger charge is -2.30. The van der Waals surface area contributed by atoms with Gasteiger partial charge in [-0.2, -0.15) is 11.3 Å². The van der Waals surface area contributed by atoms with Crippen LogP contribution in [0.4, 0.5) is 0 Å².